The Labute approximate surface area is 160 Å². The van der Waals surface area contributed by atoms with E-state index in [1.165, 1.54) is 11.8 Å². The summed E-state index contributed by atoms with van der Waals surface area (Å²) in [6.45, 7) is 0.442. The fourth-order valence-electron chi connectivity index (χ4n) is 2.29. The molecule has 1 heterocycles. The van der Waals surface area contributed by atoms with Crippen molar-refractivity contribution in [2.24, 2.45) is 0 Å². The fourth-order valence-corrected chi connectivity index (χ4v) is 3.23. The van der Waals surface area contributed by atoms with Gasteiger partial charge in [-0.15, -0.1) is 10.2 Å². The molecule has 0 spiro atoms. The Balaban J connectivity index is 1.56. The van der Waals surface area contributed by atoms with E-state index in [1.54, 1.807) is 24.1 Å². The van der Waals surface area contributed by atoms with Crippen LogP contribution in [0.3, 0.4) is 0 Å². The summed E-state index contributed by atoms with van der Waals surface area (Å²) in [6, 6.07) is 15.0. The minimum Gasteiger partial charge on any atom is -0.497 e. The van der Waals surface area contributed by atoms with Gasteiger partial charge in [0.1, 0.15) is 12.1 Å². The zero-order chi connectivity index (χ0) is 18.4. The van der Waals surface area contributed by atoms with E-state index < -0.39 is 0 Å². The Bertz CT molecular complexity index is 900. The summed E-state index contributed by atoms with van der Waals surface area (Å²) < 4.78 is 6.98. The third-order valence-electron chi connectivity index (χ3n) is 3.56. The molecule has 0 fully saturated rings. The summed E-state index contributed by atoms with van der Waals surface area (Å²) in [5.74, 6) is 0.919. The number of amides is 1. The van der Waals surface area contributed by atoms with Crippen LogP contribution in [0.4, 0.5) is 0 Å². The summed E-state index contributed by atoms with van der Waals surface area (Å²) in [4.78, 5) is 12.1. The van der Waals surface area contributed by atoms with Gasteiger partial charge < -0.3 is 10.1 Å². The van der Waals surface area contributed by atoms with Crippen LogP contribution in [0.25, 0.3) is 5.69 Å². The number of nitrogens with one attached hydrogen (secondary N) is 1. The second-order valence-corrected chi connectivity index (χ2v) is 6.76. The molecule has 6 nitrogen and oxygen atoms in total. The number of halogens is 1. The van der Waals surface area contributed by atoms with Crippen LogP contribution in [0.1, 0.15) is 5.56 Å². The molecule has 0 aliphatic carbocycles. The van der Waals surface area contributed by atoms with Gasteiger partial charge in [0.05, 0.1) is 18.6 Å². The van der Waals surface area contributed by atoms with E-state index in [-0.39, 0.29) is 11.7 Å². The number of carbonyl (C=O) groups excluding carboxylic acids is 1. The highest BCUT2D eigenvalue weighted by Crippen LogP contribution is 2.21. The Kier molecular flexibility index (Phi) is 6.14. The van der Waals surface area contributed by atoms with Gasteiger partial charge in [0.25, 0.3) is 0 Å². The van der Waals surface area contributed by atoms with Crippen LogP contribution < -0.4 is 10.1 Å². The van der Waals surface area contributed by atoms with E-state index in [2.05, 4.69) is 15.5 Å². The van der Waals surface area contributed by atoms with Gasteiger partial charge in [-0.3, -0.25) is 9.36 Å². The predicted molar refractivity (Wildman–Crippen MR) is 102 cm³/mol. The lowest BCUT2D eigenvalue weighted by atomic mass is 10.2. The van der Waals surface area contributed by atoms with Gasteiger partial charge in [0, 0.05) is 11.6 Å². The minimum absolute atomic E-state index is 0.0848. The summed E-state index contributed by atoms with van der Waals surface area (Å²) in [5.41, 5.74) is 1.83. The second-order valence-electron chi connectivity index (χ2n) is 5.38. The van der Waals surface area contributed by atoms with Crippen LogP contribution in [0.2, 0.25) is 5.02 Å². The van der Waals surface area contributed by atoms with Crippen LogP contribution in [-0.4, -0.2) is 33.5 Å². The number of hydrogen-bond donors (Lipinski definition) is 1. The van der Waals surface area contributed by atoms with Crippen molar-refractivity contribution in [3.63, 3.8) is 0 Å². The van der Waals surface area contributed by atoms with Gasteiger partial charge in [-0.05, 0) is 35.9 Å². The van der Waals surface area contributed by atoms with Crippen molar-refractivity contribution < 1.29 is 9.53 Å². The van der Waals surface area contributed by atoms with Crippen molar-refractivity contribution in [1.29, 1.82) is 0 Å². The van der Waals surface area contributed by atoms with Crippen molar-refractivity contribution in [1.82, 2.24) is 20.1 Å². The van der Waals surface area contributed by atoms with Gasteiger partial charge >= 0.3 is 0 Å². The Morgan fingerprint density at radius 1 is 1.27 bits per heavy atom. The number of benzene rings is 2. The largest absolute Gasteiger partial charge is 0.497 e. The number of ether oxygens (including phenoxy) is 1. The molecule has 0 atom stereocenters. The molecule has 0 aliphatic rings. The molecule has 3 rings (SSSR count). The number of rotatable bonds is 7. The fraction of sp³-hybridized carbons (Fsp3) is 0.167. The molecule has 0 bridgehead atoms. The smallest absolute Gasteiger partial charge is 0.230 e. The first kappa shape index (κ1) is 18.3. The maximum atomic E-state index is 12.1. The molecular formula is C18H17ClN4O2S. The van der Waals surface area contributed by atoms with Gasteiger partial charge in [-0.2, -0.15) is 0 Å². The Hall–Kier alpha value is -2.51. The Morgan fingerprint density at radius 2 is 2.12 bits per heavy atom. The maximum Gasteiger partial charge on any atom is 0.230 e. The zero-order valence-corrected chi connectivity index (χ0v) is 15.6. The topological polar surface area (TPSA) is 69.0 Å². The summed E-state index contributed by atoms with van der Waals surface area (Å²) in [5, 5.41) is 12.1. The van der Waals surface area contributed by atoms with E-state index in [4.69, 9.17) is 16.3 Å². The number of nitrogens with zero attached hydrogens (tertiary/aromatic N) is 3. The van der Waals surface area contributed by atoms with Crippen molar-refractivity contribution in [3.8, 4) is 11.4 Å². The van der Waals surface area contributed by atoms with Gasteiger partial charge in [-0.1, -0.05) is 41.6 Å². The first-order valence-electron chi connectivity index (χ1n) is 7.84. The van der Waals surface area contributed by atoms with Crippen LogP contribution in [-0.2, 0) is 11.3 Å². The highest BCUT2D eigenvalue weighted by atomic mass is 35.5. The van der Waals surface area contributed by atoms with Crippen molar-refractivity contribution in [2.45, 2.75) is 11.7 Å². The quantitative estimate of drug-likeness (QED) is 0.629. The molecule has 26 heavy (non-hydrogen) atoms. The average Bonchev–Trinajstić information content (AvgIpc) is 3.13. The van der Waals surface area contributed by atoms with Gasteiger partial charge in [0.2, 0.25) is 5.91 Å². The van der Waals surface area contributed by atoms with Crippen molar-refractivity contribution >= 4 is 29.3 Å². The van der Waals surface area contributed by atoms with Crippen LogP contribution in [0, 0.1) is 0 Å². The molecule has 0 unspecified atom stereocenters. The van der Waals surface area contributed by atoms with Crippen LogP contribution in [0.15, 0.2) is 60.0 Å². The SMILES string of the molecule is COc1cccc(CNC(=O)CSc2nncn2-c2cccc(Cl)c2)c1. The first-order valence-corrected chi connectivity index (χ1v) is 9.20. The lowest BCUT2D eigenvalue weighted by Crippen LogP contribution is -2.24. The highest BCUT2D eigenvalue weighted by Gasteiger charge is 2.10. The third kappa shape index (κ3) is 4.77. The molecule has 3 aromatic rings. The maximum absolute atomic E-state index is 12.1. The highest BCUT2D eigenvalue weighted by molar-refractivity contribution is 7.99. The summed E-state index contributed by atoms with van der Waals surface area (Å²) in [6.07, 6.45) is 1.60. The lowest BCUT2D eigenvalue weighted by molar-refractivity contribution is -0.118. The van der Waals surface area contributed by atoms with E-state index in [0.717, 1.165) is 17.0 Å². The molecule has 2 aromatic carbocycles. The molecular weight excluding hydrogens is 372 g/mol. The zero-order valence-electron chi connectivity index (χ0n) is 14.1. The van der Waals surface area contributed by atoms with Crippen LogP contribution in [0.5, 0.6) is 5.75 Å². The van der Waals surface area contributed by atoms with Gasteiger partial charge in [0.15, 0.2) is 5.16 Å². The van der Waals surface area contributed by atoms with E-state index in [9.17, 15) is 4.79 Å². The molecule has 0 radical (unpaired) electrons. The number of thioether (sulfide) groups is 1. The number of aromatic nitrogens is 3. The van der Waals surface area contributed by atoms with Crippen molar-refractivity contribution in [2.75, 3.05) is 12.9 Å². The first-order chi connectivity index (χ1) is 12.7. The van der Waals surface area contributed by atoms with Crippen LogP contribution >= 0.6 is 23.4 Å². The standard InChI is InChI=1S/C18H17ClN4O2S/c1-25-16-7-2-4-13(8-16)10-20-17(24)11-26-18-22-21-12-23(18)15-6-3-5-14(19)9-15/h2-9,12H,10-11H2,1H3,(H,20,24). The Morgan fingerprint density at radius 3 is 2.92 bits per heavy atom. The summed E-state index contributed by atoms with van der Waals surface area (Å²) >= 11 is 7.34. The summed E-state index contributed by atoms with van der Waals surface area (Å²) in [7, 11) is 1.62. The number of hydrogen-bond acceptors (Lipinski definition) is 5. The van der Waals surface area contributed by atoms with E-state index in [0.29, 0.717) is 16.7 Å². The van der Waals surface area contributed by atoms with E-state index >= 15 is 0 Å². The van der Waals surface area contributed by atoms with E-state index in [1.807, 2.05) is 42.5 Å². The molecule has 134 valence electrons. The monoisotopic (exact) mass is 388 g/mol. The molecule has 8 heteroatoms. The average molecular weight is 389 g/mol. The number of methoxy groups -OCH3 is 1. The van der Waals surface area contributed by atoms with Crippen molar-refractivity contribution in [3.05, 3.63) is 65.4 Å². The molecule has 0 saturated heterocycles. The van der Waals surface area contributed by atoms with Gasteiger partial charge in [-0.25, -0.2) is 0 Å². The molecule has 1 aromatic heterocycles. The molecule has 1 N–H and O–H groups in total. The lowest BCUT2D eigenvalue weighted by Gasteiger charge is -2.08. The second kappa shape index (κ2) is 8.73. The molecule has 0 saturated carbocycles. The third-order valence-corrected chi connectivity index (χ3v) is 4.74. The molecule has 1 amide bonds. The normalized spacial score (nSPS) is 10.5. The number of carbonyl (C=O) groups is 1. The molecule has 0 aliphatic heterocycles. The predicted octanol–water partition coefficient (Wildman–Crippen LogP) is 3.34. The minimum atomic E-state index is -0.0848.